The molecule has 0 radical (unpaired) electrons. The topological polar surface area (TPSA) is 108 Å². The van der Waals surface area contributed by atoms with Gasteiger partial charge in [0.15, 0.2) is 0 Å². The summed E-state index contributed by atoms with van der Waals surface area (Å²) < 4.78 is 5.20. The Balaban J connectivity index is 1.97. The molecule has 1 aliphatic rings. The minimum atomic E-state index is -0.956. The highest BCUT2D eigenvalue weighted by Gasteiger charge is 2.36. The zero-order valence-electron chi connectivity index (χ0n) is 11.7. The number of carbonyl (C=O) groups excluding carboxylic acids is 1. The van der Waals surface area contributed by atoms with Gasteiger partial charge in [0.1, 0.15) is 11.8 Å². The normalized spacial score (nSPS) is 18.5. The Morgan fingerprint density at radius 1 is 1.43 bits per heavy atom. The summed E-state index contributed by atoms with van der Waals surface area (Å²) in [6.45, 7) is 0.915. The quantitative estimate of drug-likeness (QED) is 0.746. The lowest BCUT2D eigenvalue weighted by atomic mass is 9.90. The molecule has 6 nitrogen and oxygen atoms in total. The van der Waals surface area contributed by atoms with Crippen LogP contribution < -0.4 is 11.1 Å². The van der Waals surface area contributed by atoms with Crippen molar-refractivity contribution in [3.63, 3.8) is 0 Å². The number of nitrogens with one attached hydrogen (secondary N) is 1. The number of hydrogen-bond donors (Lipinski definition) is 3. The third kappa shape index (κ3) is 3.94. The van der Waals surface area contributed by atoms with Gasteiger partial charge in [0, 0.05) is 19.6 Å². The highest BCUT2D eigenvalue weighted by Crippen LogP contribution is 2.18. The van der Waals surface area contributed by atoms with E-state index in [1.54, 1.807) is 24.3 Å². The first-order valence-corrected chi connectivity index (χ1v) is 6.88. The van der Waals surface area contributed by atoms with E-state index in [0.29, 0.717) is 32.5 Å². The molecule has 1 aromatic rings. The van der Waals surface area contributed by atoms with Crippen LogP contribution in [-0.4, -0.2) is 35.8 Å². The van der Waals surface area contributed by atoms with Crippen molar-refractivity contribution in [2.24, 2.45) is 5.73 Å². The maximum atomic E-state index is 12.3. The molecule has 0 unspecified atom stereocenters. The van der Waals surface area contributed by atoms with Gasteiger partial charge in [-0.1, -0.05) is 12.1 Å². The van der Waals surface area contributed by atoms with Crippen molar-refractivity contribution in [3.05, 3.63) is 29.8 Å². The summed E-state index contributed by atoms with van der Waals surface area (Å²) >= 11 is 0. The van der Waals surface area contributed by atoms with Gasteiger partial charge >= 0.3 is 0 Å². The number of phenols is 1. The fourth-order valence-corrected chi connectivity index (χ4v) is 2.26. The summed E-state index contributed by atoms with van der Waals surface area (Å²) in [6.07, 6.45) is 1.28. The lowest BCUT2D eigenvalue weighted by Crippen LogP contribution is -2.58. The van der Waals surface area contributed by atoms with Crippen LogP contribution in [0.25, 0.3) is 0 Å². The lowest BCUT2D eigenvalue weighted by Gasteiger charge is -2.32. The molecular formula is C15H19N3O3. The molecule has 0 spiro atoms. The molecular weight excluding hydrogens is 270 g/mol. The van der Waals surface area contributed by atoms with Crippen molar-refractivity contribution >= 4 is 5.91 Å². The minimum Gasteiger partial charge on any atom is -0.508 e. The molecule has 0 saturated carbocycles. The number of carbonyl (C=O) groups is 1. The smallest absolute Gasteiger partial charge is 0.241 e. The zero-order chi connectivity index (χ0) is 15.3. The van der Waals surface area contributed by atoms with E-state index in [4.69, 9.17) is 10.5 Å². The van der Waals surface area contributed by atoms with Crippen LogP contribution in [-0.2, 0) is 16.0 Å². The Morgan fingerprint density at radius 3 is 2.62 bits per heavy atom. The van der Waals surface area contributed by atoms with Gasteiger partial charge in [0.2, 0.25) is 5.91 Å². The van der Waals surface area contributed by atoms with E-state index in [9.17, 15) is 15.2 Å². The van der Waals surface area contributed by atoms with Crippen LogP contribution in [0.1, 0.15) is 18.4 Å². The molecule has 1 saturated heterocycles. The average Bonchev–Trinajstić information content (AvgIpc) is 2.49. The van der Waals surface area contributed by atoms with E-state index in [-0.39, 0.29) is 11.7 Å². The number of phenolic OH excluding ortho intramolecular Hbond substituents is 1. The van der Waals surface area contributed by atoms with Crippen LogP contribution in [0.5, 0.6) is 5.75 Å². The molecule has 112 valence electrons. The molecule has 1 amide bonds. The number of ether oxygens (including phenoxy) is 1. The largest absolute Gasteiger partial charge is 0.508 e. The van der Waals surface area contributed by atoms with Gasteiger partial charge in [0.25, 0.3) is 0 Å². The van der Waals surface area contributed by atoms with Crippen molar-refractivity contribution in [2.75, 3.05) is 13.2 Å². The predicted molar refractivity (Wildman–Crippen MR) is 76.3 cm³/mol. The zero-order valence-corrected chi connectivity index (χ0v) is 11.7. The standard InChI is InChI=1S/C15H19N3O3/c16-10-12(9-11-1-3-13(19)4-2-11)18-14(20)15(17)5-7-21-8-6-15/h1-4,12,19H,5-9,17H2,(H,18,20)/t12-/m0/s1. The van der Waals surface area contributed by atoms with Gasteiger partial charge in [-0.3, -0.25) is 4.79 Å². The predicted octanol–water partition coefficient (Wildman–Crippen LogP) is 0.451. The second kappa shape index (κ2) is 6.57. The highest BCUT2D eigenvalue weighted by atomic mass is 16.5. The Kier molecular flexibility index (Phi) is 4.78. The second-order valence-electron chi connectivity index (χ2n) is 5.29. The first-order chi connectivity index (χ1) is 10.0. The molecule has 0 bridgehead atoms. The first-order valence-electron chi connectivity index (χ1n) is 6.88. The molecule has 1 aliphatic heterocycles. The number of hydrogen-bond acceptors (Lipinski definition) is 5. The van der Waals surface area contributed by atoms with Crippen molar-refractivity contribution in [1.29, 1.82) is 5.26 Å². The molecule has 4 N–H and O–H groups in total. The fraction of sp³-hybridized carbons (Fsp3) is 0.467. The molecule has 0 aliphatic carbocycles. The molecule has 1 aromatic carbocycles. The SMILES string of the molecule is N#C[C@H](Cc1ccc(O)cc1)NC(=O)C1(N)CCOCC1. The van der Waals surface area contributed by atoms with E-state index < -0.39 is 11.6 Å². The van der Waals surface area contributed by atoms with Crippen LogP contribution in [0.4, 0.5) is 0 Å². The number of rotatable bonds is 4. The highest BCUT2D eigenvalue weighted by molar-refractivity contribution is 5.86. The third-order valence-electron chi connectivity index (χ3n) is 3.67. The van der Waals surface area contributed by atoms with E-state index >= 15 is 0 Å². The number of nitriles is 1. The second-order valence-corrected chi connectivity index (χ2v) is 5.29. The fourth-order valence-electron chi connectivity index (χ4n) is 2.26. The third-order valence-corrected chi connectivity index (χ3v) is 3.67. The minimum absolute atomic E-state index is 0.166. The van der Waals surface area contributed by atoms with E-state index in [2.05, 4.69) is 11.4 Å². The van der Waals surface area contributed by atoms with E-state index in [0.717, 1.165) is 5.56 Å². The van der Waals surface area contributed by atoms with Crippen LogP contribution in [0, 0.1) is 11.3 Å². The molecule has 1 atom stereocenters. The van der Waals surface area contributed by atoms with E-state index in [1.165, 1.54) is 0 Å². The Morgan fingerprint density at radius 2 is 2.05 bits per heavy atom. The summed E-state index contributed by atoms with van der Waals surface area (Å²) in [4.78, 5) is 12.3. The van der Waals surface area contributed by atoms with Crippen molar-refractivity contribution in [2.45, 2.75) is 30.8 Å². The monoisotopic (exact) mass is 289 g/mol. The van der Waals surface area contributed by atoms with Gasteiger partial charge in [0.05, 0.1) is 11.6 Å². The number of amides is 1. The van der Waals surface area contributed by atoms with Crippen LogP contribution in [0.15, 0.2) is 24.3 Å². The molecule has 6 heteroatoms. The number of aromatic hydroxyl groups is 1. The first kappa shape index (κ1) is 15.3. The summed E-state index contributed by atoms with van der Waals surface area (Å²) in [6, 6.07) is 7.96. The molecule has 1 fully saturated rings. The summed E-state index contributed by atoms with van der Waals surface area (Å²) in [5.74, 6) is -0.143. The van der Waals surface area contributed by atoms with E-state index in [1.807, 2.05) is 0 Å². The van der Waals surface area contributed by atoms with Gasteiger partial charge < -0.3 is 20.9 Å². The van der Waals surface area contributed by atoms with Crippen molar-refractivity contribution in [3.8, 4) is 11.8 Å². The Hall–Kier alpha value is -2.10. The maximum Gasteiger partial charge on any atom is 0.241 e. The summed E-state index contributed by atoms with van der Waals surface area (Å²) in [7, 11) is 0. The lowest BCUT2D eigenvalue weighted by molar-refractivity contribution is -0.130. The molecule has 2 rings (SSSR count). The van der Waals surface area contributed by atoms with Crippen molar-refractivity contribution < 1.29 is 14.6 Å². The number of benzene rings is 1. The van der Waals surface area contributed by atoms with Crippen LogP contribution in [0.3, 0.4) is 0 Å². The summed E-state index contributed by atoms with van der Waals surface area (Å²) in [5.41, 5.74) is 5.99. The number of nitrogens with two attached hydrogens (primary N) is 1. The molecule has 1 heterocycles. The summed E-state index contributed by atoms with van der Waals surface area (Å²) in [5, 5.41) is 21.1. The van der Waals surface area contributed by atoms with Gasteiger partial charge in [-0.05, 0) is 30.5 Å². The van der Waals surface area contributed by atoms with Crippen LogP contribution in [0.2, 0.25) is 0 Å². The van der Waals surface area contributed by atoms with Gasteiger partial charge in [-0.15, -0.1) is 0 Å². The van der Waals surface area contributed by atoms with Gasteiger partial charge in [-0.25, -0.2) is 0 Å². The Bertz CT molecular complexity index is 530. The van der Waals surface area contributed by atoms with Crippen LogP contribution >= 0.6 is 0 Å². The van der Waals surface area contributed by atoms with Crippen molar-refractivity contribution in [1.82, 2.24) is 5.32 Å². The molecule has 0 aromatic heterocycles. The van der Waals surface area contributed by atoms with Gasteiger partial charge in [-0.2, -0.15) is 5.26 Å². The average molecular weight is 289 g/mol. The molecule has 21 heavy (non-hydrogen) atoms. The maximum absolute atomic E-state index is 12.3. The number of nitrogens with zero attached hydrogens (tertiary/aromatic N) is 1. The Labute approximate surface area is 123 Å².